The highest BCUT2D eigenvalue weighted by Gasteiger charge is 2.18. The van der Waals surface area contributed by atoms with Crippen LogP contribution in [-0.4, -0.2) is 33.4 Å². The highest BCUT2D eigenvalue weighted by Crippen LogP contribution is 2.34. The van der Waals surface area contributed by atoms with Gasteiger partial charge in [0.25, 0.3) is 0 Å². The molecular formula is C22H19N3O4S. The highest BCUT2D eigenvalue weighted by molar-refractivity contribution is 7.10. The lowest BCUT2D eigenvalue weighted by atomic mass is 10.1. The molecule has 3 aromatic rings. The minimum absolute atomic E-state index is 0.188. The van der Waals surface area contributed by atoms with E-state index in [1.165, 1.54) is 0 Å². The topological polar surface area (TPSA) is 104 Å². The summed E-state index contributed by atoms with van der Waals surface area (Å²) in [6.45, 7) is 0.123. The average Bonchev–Trinajstić information content (AvgIpc) is 3.26. The summed E-state index contributed by atoms with van der Waals surface area (Å²) in [5.41, 5.74) is 3.53. The normalized spacial score (nSPS) is 13.5. The SMILES string of the molecule is O=C(Cn1c(O)c(C=C2C=Nc3ccccc32)sc1=O)NCCc1ccc(O)cc1. The summed E-state index contributed by atoms with van der Waals surface area (Å²) in [5, 5.41) is 22.5. The molecule has 8 heteroatoms. The third-order valence-corrected chi connectivity index (χ3v) is 5.63. The molecule has 1 amide bonds. The first-order chi connectivity index (χ1) is 14.5. The number of phenolic OH excluding ortho intramolecular Hbond substituents is 1. The second kappa shape index (κ2) is 8.38. The largest absolute Gasteiger partial charge is 0.508 e. The number of phenols is 1. The van der Waals surface area contributed by atoms with Gasteiger partial charge in [-0.1, -0.05) is 41.7 Å². The third-order valence-electron chi connectivity index (χ3n) is 4.71. The predicted molar refractivity (Wildman–Crippen MR) is 118 cm³/mol. The second-order valence-corrected chi connectivity index (χ2v) is 7.78. The summed E-state index contributed by atoms with van der Waals surface area (Å²) in [5.74, 6) is -0.409. The van der Waals surface area contributed by atoms with Crippen LogP contribution in [0.25, 0.3) is 11.6 Å². The highest BCUT2D eigenvalue weighted by atomic mass is 32.1. The number of para-hydroxylation sites is 1. The number of benzene rings is 2. The lowest BCUT2D eigenvalue weighted by molar-refractivity contribution is -0.121. The Morgan fingerprint density at radius 1 is 1.13 bits per heavy atom. The number of aromatic nitrogens is 1. The molecule has 0 bridgehead atoms. The summed E-state index contributed by atoms with van der Waals surface area (Å²) in [7, 11) is 0. The maximum Gasteiger partial charge on any atom is 0.311 e. The number of hydrogen-bond acceptors (Lipinski definition) is 6. The first-order valence-corrected chi connectivity index (χ1v) is 10.2. The van der Waals surface area contributed by atoms with E-state index in [9.17, 15) is 19.8 Å². The van der Waals surface area contributed by atoms with Gasteiger partial charge < -0.3 is 15.5 Å². The molecule has 0 atom stereocenters. The van der Waals surface area contributed by atoms with Crippen molar-refractivity contribution in [3.63, 3.8) is 0 Å². The average molecular weight is 421 g/mol. The first-order valence-electron chi connectivity index (χ1n) is 9.33. The van der Waals surface area contributed by atoms with Crippen LogP contribution >= 0.6 is 11.3 Å². The Labute approximate surface area is 176 Å². The molecule has 2 aromatic carbocycles. The molecule has 0 fully saturated rings. The van der Waals surface area contributed by atoms with Crippen molar-refractivity contribution in [1.29, 1.82) is 0 Å². The van der Waals surface area contributed by atoms with Crippen LogP contribution in [0.4, 0.5) is 5.69 Å². The number of carbonyl (C=O) groups excluding carboxylic acids is 1. The summed E-state index contributed by atoms with van der Waals surface area (Å²) in [6.07, 6.45) is 3.98. The third kappa shape index (κ3) is 4.18. The Morgan fingerprint density at radius 2 is 1.90 bits per heavy atom. The number of nitrogens with one attached hydrogen (secondary N) is 1. The van der Waals surface area contributed by atoms with E-state index in [-0.39, 0.29) is 24.1 Å². The Balaban J connectivity index is 1.42. The van der Waals surface area contributed by atoms with Gasteiger partial charge in [-0.05, 0) is 36.3 Å². The zero-order chi connectivity index (χ0) is 21.1. The molecule has 1 aromatic heterocycles. The van der Waals surface area contributed by atoms with Crippen molar-refractivity contribution in [3.05, 3.63) is 74.2 Å². The molecule has 152 valence electrons. The van der Waals surface area contributed by atoms with Crippen molar-refractivity contribution in [3.8, 4) is 11.6 Å². The van der Waals surface area contributed by atoms with Gasteiger partial charge in [0, 0.05) is 23.9 Å². The lowest BCUT2D eigenvalue weighted by Crippen LogP contribution is -2.31. The van der Waals surface area contributed by atoms with E-state index >= 15 is 0 Å². The molecule has 7 nitrogen and oxygen atoms in total. The molecule has 0 aliphatic carbocycles. The van der Waals surface area contributed by atoms with Crippen LogP contribution in [-0.2, 0) is 17.8 Å². The van der Waals surface area contributed by atoms with Gasteiger partial charge in [-0.3, -0.25) is 19.1 Å². The summed E-state index contributed by atoms with van der Waals surface area (Å²) in [4.78, 5) is 28.8. The zero-order valence-corrected chi connectivity index (χ0v) is 16.7. The van der Waals surface area contributed by atoms with Crippen LogP contribution < -0.4 is 10.2 Å². The number of allylic oxidation sites excluding steroid dienone is 1. The van der Waals surface area contributed by atoms with Crippen LogP contribution in [0.5, 0.6) is 11.6 Å². The van der Waals surface area contributed by atoms with E-state index < -0.39 is 4.87 Å². The zero-order valence-electron chi connectivity index (χ0n) is 15.9. The number of rotatable bonds is 6. The molecule has 1 aliphatic rings. The van der Waals surface area contributed by atoms with Gasteiger partial charge in [0.1, 0.15) is 12.3 Å². The van der Waals surface area contributed by atoms with E-state index in [2.05, 4.69) is 10.3 Å². The van der Waals surface area contributed by atoms with E-state index in [1.54, 1.807) is 36.6 Å². The first kappa shape index (κ1) is 19.7. The quantitative estimate of drug-likeness (QED) is 0.569. The van der Waals surface area contributed by atoms with Gasteiger partial charge in [0.2, 0.25) is 11.8 Å². The Bertz CT molecular complexity index is 1210. The Kier molecular flexibility index (Phi) is 5.49. The fourth-order valence-electron chi connectivity index (χ4n) is 3.15. The van der Waals surface area contributed by atoms with Crippen molar-refractivity contribution < 1.29 is 15.0 Å². The predicted octanol–water partition coefficient (Wildman–Crippen LogP) is 2.94. The number of nitrogens with zero attached hydrogens (tertiary/aromatic N) is 2. The smallest absolute Gasteiger partial charge is 0.311 e. The fourth-order valence-corrected chi connectivity index (χ4v) is 3.99. The number of hydrogen-bond donors (Lipinski definition) is 3. The minimum atomic E-state index is -0.406. The molecule has 0 unspecified atom stereocenters. The summed E-state index contributed by atoms with van der Waals surface area (Å²) < 4.78 is 1.06. The van der Waals surface area contributed by atoms with Gasteiger partial charge in [-0.25, -0.2) is 0 Å². The number of carbonyl (C=O) groups is 1. The molecular weight excluding hydrogens is 402 g/mol. The van der Waals surface area contributed by atoms with Crippen molar-refractivity contribution in [2.24, 2.45) is 4.99 Å². The monoisotopic (exact) mass is 421 g/mol. The lowest BCUT2D eigenvalue weighted by Gasteiger charge is -2.07. The number of thiazole rings is 1. The standard InChI is InChI=1S/C22H19N3O4S/c26-16-7-5-14(6-8-16)9-10-23-20(27)13-25-21(28)19(30-22(25)29)11-15-12-24-18-4-2-1-3-17(15)18/h1-8,11-12,26,28H,9-10,13H2,(H,23,27). The van der Waals surface area contributed by atoms with Crippen LogP contribution in [0, 0.1) is 0 Å². The molecule has 0 radical (unpaired) electrons. The van der Waals surface area contributed by atoms with Gasteiger partial charge in [-0.15, -0.1) is 0 Å². The van der Waals surface area contributed by atoms with Crippen molar-refractivity contribution in [2.75, 3.05) is 6.54 Å². The van der Waals surface area contributed by atoms with E-state index in [4.69, 9.17) is 0 Å². The number of fused-ring (bicyclic) bond motifs is 1. The van der Waals surface area contributed by atoms with Gasteiger partial charge in [0.15, 0.2) is 0 Å². The maximum atomic E-state index is 12.3. The van der Waals surface area contributed by atoms with E-state index in [1.807, 2.05) is 24.3 Å². The second-order valence-electron chi connectivity index (χ2n) is 6.78. The van der Waals surface area contributed by atoms with Crippen molar-refractivity contribution in [2.45, 2.75) is 13.0 Å². The molecule has 3 N–H and O–H groups in total. The molecule has 0 saturated heterocycles. The molecule has 0 saturated carbocycles. The Hall–Kier alpha value is -3.65. The van der Waals surface area contributed by atoms with E-state index in [0.717, 1.165) is 38.3 Å². The molecule has 1 aliphatic heterocycles. The fraction of sp³-hybridized carbons (Fsp3) is 0.136. The van der Waals surface area contributed by atoms with Crippen molar-refractivity contribution in [1.82, 2.24) is 9.88 Å². The van der Waals surface area contributed by atoms with Crippen LogP contribution in [0.1, 0.15) is 16.0 Å². The van der Waals surface area contributed by atoms with Crippen LogP contribution in [0.15, 0.2) is 58.3 Å². The Morgan fingerprint density at radius 3 is 2.70 bits per heavy atom. The molecule has 2 heterocycles. The molecule has 30 heavy (non-hydrogen) atoms. The summed E-state index contributed by atoms with van der Waals surface area (Å²) in [6, 6.07) is 14.3. The summed E-state index contributed by atoms with van der Waals surface area (Å²) >= 11 is 0.882. The number of aliphatic imine (C=N–C) groups is 1. The minimum Gasteiger partial charge on any atom is -0.508 e. The van der Waals surface area contributed by atoms with Gasteiger partial charge in [-0.2, -0.15) is 0 Å². The van der Waals surface area contributed by atoms with Gasteiger partial charge >= 0.3 is 4.87 Å². The van der Waals surface area contributed by atoms with E-state index in [0.29, 0.717) is 17.8 Å². The van der Waals surface area contributed by atoms with Gasteiger partial charge in [0.05, 0.1) is 10.6 Å². The van der Waals surface area contributed by atoms with Crippen molar-refractivity contribution >= 4 is 40.8 Å². The maximum absolute atomic E-state index is 12.3. The molecule has 4 rings (SSSR count). The van der Waals surface area contributed by atoms with Crippen LogP contribution in [0.2, 0.25) is 0 Å². The number of amides is 1. The molecule has 0 spiro atoms. The number of aromatic hydroxyl groups is 2. The van der Waals surface area contributed by atoms with Crippen LogP contribution in [0.3, 0.4) is 0 Å².